The Bertz CT molecular complexity index is 738. The zero-order valence-electron chi connectivity index (χ0n) is 12.0. The van der Waals surface area contributed by atoms with Gasteiger partial charge in [-0.1, -0.05) is 30.3 Å². The summed E-state index contributed by atoms with van der Waals surface area (Å²) in [4.78, 5) is 23.2. The molecule has 7 heteroatoms. The Balaban J connectivity index is 2.31. The molecule has 0 amide bonds. The Morgan fingerprint density at radius 2 is 1.78 bits per heavy atom. The van der Waals surface area contributed by atoms with Gasteiger partial charge in [0.25, 0.3) is 5.56 Å². The highest BCUT2D eigenvalue weighted by molar-refractivity contribution is 5.71. The summed E-state index contributed by atoms with van der Waals surface area (Å²) in [5.74, 6) is -1.35. The fourth-order valence-corrected chi connectivity index (χ4v) is 2.24. The van der Waals surface area contributed by atoms with Gasteiger partial charge >= 0.3 is 12.1 Å². The zero-order chi connectivity index (χ0) is 17.0. The van der Waals surface area contributed by atoms with E-state index in [-0.39, 0.29) is 6.42 Å². The molecule has 0 saturated carbocycles. The lowest BCUT2D eigenvalue weighted by Gasteiger charge is -2.17. The molecule has 0 aliphatic rings. The lowest BCUT2D eigenvalue weighted by Crippen LogP contribution is -2.30. The highest BCUT2D eigenvalue weighted by Gasteiger charge is 2.32. The number of aliphatic carboxylic acids is 1. The van der Waals surface area contributed by atoms with Crippen LogP contribution >= 0.6 is 0 Å². The average molecular weight is 325 g/mol. The molecule has 1 N–H and O–H groups in total. The van der Waals surface area contributed by atoms with E-state index in [4.69, 9.17) is 0 Å². The molecular formula is C16H14F3NO3. The van der Waals surface area contributed by atoms with Crippen molar-refractivity contribution in [3.8, 4) is 0 Å². The summed E-state index contributed by atoms with van der Waals surface area (Å²) in [5.41, 5.74) is -0.986. The van der Waals surface area contributed by atoms with Crippen molar-refractivity contribution >= 4 is 5.97 Å². The third-order valence-corrected chi connectivity index (χ3v) is 3.44. The van der Waals surface area contributed by atoms with E-state index in [0.717, 1.165) is 11.6 Å². The SMILES string of the molecule is O=C(O)C(CCc1ccccc1)n1cc(C(F)(F)F)ccc1=O. The first kappa shape index (κ1) is 16.8. The molecule has 0 fully saturated rings. The molecule has 4 nitrogen and oxygen atoms in total. The summed E-state index contributed by atoms with van der Waals surface area (Å²) in [6.07, 6.45) is -3.73. The second-order valence-corrected chi connectivity index (χ2v) is 5.04. The third-order valence-electron chi connectivity index (χ3n) is 3.44. The summed E-state index contributed by atoms with van der Waals surface area (Å²) in [6, 6.07) is 8.96. The molecule has 1 aromatic carbocycles. The van der Waals surface area contributed by atoms with Crippen LogP contribution in [0.25, 0.3) is 0 Å². The summed E-state index contributed by atoms with van der Waals surface area (Å²) >= 11 is 0. The van der Waals surface area contributed by atoms with E-state index in [2.05, 4.69) is 0 Å². The number of pyridine rings is 1. The van der Waals surface area contributed by atoms with Crippen LogP contribution in [0.15, 0.2) is 53.5 Å². The van der Waals surface area contributed by atoms with Gasteiger partial charge in [0.05, 0.1) is 5.56 Å². The predicted octanol–water partition coefficient (Wildman–Crippen LogP) is 3.13. The van der Waals surface area contributed by atoms with E-state index in [1.165, 1.54) is 0 Å². The molecule has 2 aromatic rings. The quantitative estimate of drug-likeness (QED) is 0.919. The zero-order valence-corrected chi connectivity index (χ0v) is 12.0. The average Bonchev–Trinajstić information content (AvgIpc) is 2.48. The van der Waals surface area contributed by atoms with Crippen LogP contribution in [-0.2, 0) is 17.4 Å². The number of hydrogen-bond donors (Lipinski definition) is 1. The molecule has 0 saturated heterocycles. The molecule has 23 heavy (non-hydrogen) atoms. The van der Waals surface area contributed by atoms with Gasteiger partial charge in [0.2, 0.25) is 0 Å². The number of carboxylic acids is 1. The molecule has 0 aliphatic carbocycles. The summed E-state index contributed by atoms with van der Waals surface area (Å²) in [7, 11) is 0. The minimum Gasteiger partial charge on any atom is -0.480 e. The number of carbonyl (C=O) groups is 1. The van der Waals surface area contributed by atoms with Gasteiger partial charge < -0.3 is 9.67 Å². The first-order chi connectivity index (χ1) is 10.8. The van der Waals surface area contributed by atoms with Crippen molar-refractivity contribution in [3.05, 3.63) is 70.1 Å². The molecule has 1 atom stereocenters. The van der Waals surface area contributed by atoms with Crippen molar-refractivity contribution in [1.29, 1.82) is 0 Å². The van der Waals surface area contributed by atoms with Crippen molar-refractivity contribution in [2.24, 2.45) is 0 Å². The van der Waals surface area contributed by atoms with E-state index >= 15 is 0 Å². The maximum Gasteiger partial charge on any atom is 0.417 e. The summed E-state index contributed by atoms with van der Waals surface area (Å²) in [6.45, 7) is 0. The second-order valence-electron chi connectivity index (χ2n) is 5.04. The first-order valence-corrected chi connectivity index (χ1v) is 6.85. The minimum absolute atomic E-state index is 0.0144. The van der Waals surface area contributed by atoms with Crippen molar-refractivity contribution in [1.82, 2.24) is 4.57 Å². The Morgan fingerprint density at radius 1 is 1.13 bits per heavy atom. The highest BCUT2D eigenvalue weighted by Crippen LogP contribution is 2.29. The van der Waals surface area contributed by atoms with Gasteiger partial charge in [-0.2, -0.15) is 13.2 Å². The third kappa shape index (κ3) is 4.21. The summed E-state index contributed by atoms with van der Waals surface area (Å²) in [5, 5.41) is 9.28. The minimum atomic E-state index is -4.64. The smallest absolute Gasteiger partial charge is 0.417 e. The Hall–Kier alpha value is -2.57. The maximum absolute atomic E-state index is 12.8. The molecule has 2 rings (SSSR count). The van der Waals surface area contributed by atoms with Crippen LogP contribution in [0, 0.1) is 0 Å². The number of rotatable bonds is 5. The van der Waals surface area contributed by atoms with E-state index in [0.29, 0.717) is 23.3 Å². The molecule has 1 heterocycles. The van der Waals surface area contributed by atoms with E-state index < -0.39 is 29.3 Å². The standard InChI is InChI=1S/C16H14F3NO3/c17-16(18,19)12-7-9-14(21)20(10-12)13(15(22)23)8-6-11-4-2-1-3-5-11/h1-5,7,9-10,13H,6,8H2,(H,22,23). The number of nitrogens with zero attached hydrogens (tertiary/aromatic N) is 1. The van der Waals surface area contributed by atoms with Crippen LogP contribution in [0.3, 0.4) is 0 Å². The van der Waals surface area contributed by atoms with Crippen LogP contribution in [0.2, 0.25) is 0 Å². The number of benzene rings is 1. The number of carboxylic acid groups (broad SMARTS) is 1. The molecule has 0 bridgehead atoms. The molecule has 1 unspecified atom stereocenters. The van der Waals surface area contributed by atoms with Crippen LogP contribution in [-0.4, -0.2) is 15.6 Å². The topological polar surface area (TPSA) is 59.3 Å². The normalized spacial score (nSPS) is 12.8. The van der Waals surface area contributed by atoms with Crippen molar-refractivity contribution in [2.45, 2.75) is 25.1 Å². The van der Waals surface area contributed by atoms with Gasteiger partial charge in [0.15, 0.2) is 0 Å². The van der Waals surface area contributed by atoms with Gasteiger partial charge in [-0.15, -0.1) is 0 Å². The molecule has 0 aliphatic heterocycles. The van der Waals surface area contributed by atoms with Gasteiger partial charge in [0.1, 0.15) is 6.04 Å². The van der Waals surface area contributed by atoms with Gasteiger partial charge in [-0.25, -0.2) is 4.79 Å². The predicted molar refractivity (Wildman–Crippen MR) is 77.1 cm³/mol. The van der Waals surface area contributed by atoms with Crippen LogP contribution in [0.5, 0.6) is 0 Å². The largest absolute Gasteiger partial charge is 0.480 e. The maximum atomic E-state index is 12.8. The number of aryl methyl sites for hydroxylation is 1. The van der Waals surface area contributed by atoms with Gasteiger partial charge in [0, 0.05) is 12.3 Å². The first-order valence-electron chi connectivity index (χ1n) is 6.85. The summed E-state index contributed by atoms with van der Waals surface area (Å²) < 4.78 is 38.9. The lowest BCUT2D eigenvalue weighted by molar-refractivity contribution is -0.143. The monoisotopic (exact) mass is 325 g/mol. The van der Waals surface area contributed by atoms with E-state index in [1.54, 1.807) is 30.3 Å². The fourth-order valence-electron chi connectivity index (χ4n) is 2.24. The van der Waals surface area contributed by atoms with Crippen LogP contribution in [0.4, 0.5) is 13.2 Å². The van der Waals surface area contributed by atoms with Crippen LogP contribution in [0.1, 0.15) is 23.6 Å². The number of halogens is 3. The van der Waals surface area contributed by atoms with E-state index in [1.807, 2.05) is 0 Å². The lowest BCUT2D eigenvalue weighted by atomic mass is 10.0. The molecule has 0 spiro atoms. The van der Waals surface area contributed by atoms with Crippen molar-refractivity contribution in [3.63, 3.8) is 0 Å². The van der Waals surface area contributed by atoms with Crippen LogP contribution < -0.4 is 5.56 Å². The van der Waals surface area contributed by atoms with Gasteiger partial charge in [-0.05, 0) is 24.5 Å². The molecule has 1 aromatic heterocycles. The number of hydrogen-bond acceptors (Lipinski definition) is 2. The van der Waals surface area contributed by atoms with Crippen molar-refractivity contribution < 1.29 is 23.1 Å². The molecular weight excluding hydrogens is 311 g/mol. The Labute approximate surface area is 129 Å². The molecule has 0 radical (unpaired) electrons. The second kappa shape index (κ2) is 6.68. The number of alkyl halides is 3. The number of aromatic nitrogens is 1. The van der Waals surface area contributed by atoms with E-state index in [9.17, 15) is 27.9 Å². The highest BCUT2D eigenvalue weighted by atomic mass is 19.4. The van der Waals surface area contributed by atoms with Gasteiger partial charge in [-0.3, -0.25) is 4.79 Å². The fraction of sp³-hybridized carbons (Fsp3) is 0.250. The molecule has 122 valence electrons. The Kier molecular flexibility index (Phi) is 4.88. The Morgan fingerprint density at radius 3 is 2.35 bits per heavy atom. The van der Waals surface area contributed by atoms with Crippen molar-refractivity contribution in [2.75, 3.05) is 0 Å².